The van der Waals surface area contributed by atoms with Crippen LogP contribution in [0.3, 0.4) is 0 Å². The molecular weight excluding hydrogens is 356 g/mol. The van der Waals surface area contributed by atoms with Crippen LogP contribution in [-0.4, -0.2) is 26.7 Å². The first-order chi connectivity index (χ1) is 12.9. The van der Waals surface area contributed by atoms with Gasteiger partial charge in [0.25, 0.3) is 17.5 Å². The predicted octanol–water partition coefficient (Wildman–Crippen LogP) is 1.88. The lowest BCUT2D eigenvalue weighted by Crippen LogP contribution is -2.40. The van der Waals surface area contributed by atoms with Gasteiger partial charge in [0.15, 0.2) is 0 Å². The Morgan fingerprint density at radius 1 is 0.963 bits per heavy atom. The quantitative estimate of drug-likeness (QED) is 0.370. The van der Waals surface area contributed by atoms with Crippen LogP contribution < -0.4 is 5.43 Å². The molecule has 2 amide bonds. The van der Waals surface area contributed by atoms with Gasteiger partial charge in [0.2, 0.25) is 0 Å². The summed E-state index contributed by atoms with van der Waals surface area (Å²) in [4.78, 5) is 46.4. The molecule has 0 spiro atoms. The van der Waals surface area contributed by atoms with E-state index in [0.29, 0.717) is 11.8 Å². The molecule has 0 radical (unpaired) electrons. The Morgan fingerprint density at radius 3 is 2.07 bits per heavy atom. The molecular formula is C17H14N4O6. The molecule has 1 saturated heterocycles. The zero-order valence-electron chi connectivity index (χ0n) is 13.8. The molecule has 2 saturated carbocycles. The van der Waals surface area contributed by atoms with Crippen molar-refractivity contribution < 1.29 is 19.4 Å². The van der Waals surface area contributed by atoms with Gasteiger partial charge in [-0.3, -0.25) is 35.2 Å². The molecule has 10 nitrogen and oxygen atoms in total. The molecule has 10 heteroatoms. The SMILES string of the molecule is O=C1[C@H]2[C@@H]3C=C[C@H]([C@H]4C[C@H]34)[C@@H]2C(=O)N1Nc1ccc([N+](=O)[O-])cc1[N+](=O)[O-]. The number of carbonyl (C=O) groups excluding carboxylic acids is 2. The molecule has 6 rings (SSSR count). The van der Waals surface area contributed by atoms with Crippen LogP contribution in [0, 0.1) is 55.7 Å². The van der Waals surface area contributed by atoms with Gasteiger partial charge in [0.05, 0.1) is 27.7 Å². The van der Waals surface area contributed by atoms with E-state index in [2.05, 4.69) is 5.43 Å². The highest BCUT2D eigenvalue weighted by Crippen LogP contribution is 2.65. The number of benzene rings is 1. The molecule has 1 aliphatic heterocycles. The predicted molar refractivity (Wildman–Crippen MR) is 89.9 cm³/mol. The number of nitrogens with one attached hydrogen (secondary N) is 1. The molecule has 1 aromatic rings. The normalized spacial score (nSPS) is 35.0. The van der Waals surface area contributed by atoms with Crippen molar-refractivity contribution in [1.29, 1.82) is 0 Å². The van der Waals surface area contributed by atoms with E-state index in [1.54, 1.807) is 0 Å². The molecule has 27 heavy (non-hydrogen) atoms. The minimum absolute atomic E-state index is 0.0418. The van der Waals surface area contributed by atoms with E-state index in [1.165, 1.54) is 0 Å². The smallest absolute Gasteiger partial charge is 0.282 e. The van der Waals surface area contributed by atoms with Gasteiger partial charge in [-0.1, -0.05) is 12.2 Å². The highest BCUT2D eigenvalue weighted by Gasteiger charge is 2.67. The van der Waals surface area contributed by atoms with E-state index in [1.807, 2.05) is 12.2 Å². The minimum atomic E-state index is -0.784. The Labute approximate surface area is 152 Å². The van der Waals surface area contributed by atoms with Gasteiger partial charge in [-0.05, 0) is 36.2 Å². The second-order valence-corrected chi connectivity index (χ2v) is 7.49. The van der Waals surface area contributed by atoms with Crippen LogP contribution in [0.2, 0.25) is 0 Å². The number of nitro groups is 2. The average Bonchev–Trinajstić information content (AvgIpc) is 3.42. The van der Waals surface area contributed by atoms with Crippen molar-refractivity contribution in [2.75, 3.05) is 5.43 Å². The number of non-ortho nitro benzene ring substituents is 1. The molecule has 2 bridgehead atoms. The van der Waals surface area contributed by atoms with Gasteiger partial charge in [0.1, 0.15) is 5.69 Å². The maximum atomic E-state index is 12.9. The fourth-order valence-corrected chi connectivity index (χ4v) is 5.07. The van der Waals surface area contributed by atoms with Crippen molar-refractivity contribution in [3.05, 3.63) is 50.6 Å². The number of imide groups is 1. The van der Waals surface area contributed by atoms with Crippen molar-refractivity contribution in [1.82, 2.24) is 5.01 Å². The Kier molecular flexibility index (Phi) is 3.02. The van der Waals surface area contributed by atoms with Crippen LogP contribution in [0.25, 0.3) is 0 Å². The van der Waals surface area contributed by atoms with Gasteiger partial charge in [-0.25, -0.2) is 0 Å². The first-order valence-corrected chi connectivity index (χ1v) is 8.64. The maximum absolute atomic E-state index is 12.9. The number of hydrogen-bond donors (Lipinski definition) is 1. The summed E-state index contributed by atoms with van der Waals surface area (Å²) in [5, 5.41) is 23.0. The monoisotopic (exact) mass is 370 g/mol. The second kappa shape index (κ2) is 5.12. The summed E-state index contributed by atoms with van der Waals surface area (Å²) in [5.74, 6) is -0.648. The van der Waals surface area contributed by atoms with Crippen LogP contribution in [0.15, 0.2) is 30.4 Å². The Hall–Kier alpha value is -3.30. The van der Waals surface area contributed by atoms with E-state index in [-0.39, 0.29) is 29.3 Å². The molecule has 1 aromatic carbocycles. The van der Waals surface area contributed by atoms with Crippen molar-refractivity contribution >= 4 is 28.9 Å². The second-order valence-electron chi connectivity index (χ2n) is 7.49. The topological polar surface area (TPSA) is 136 Å². The van der Waals surface area contributed by atoms with E-state index >= 15 is 0 Å². The van der Waals surface area contributed by atoms with Gasteiger partial charge >= 0.3 is 5.69 Å². The number of carbonyl (C=O) groups is 2. The van der Waals surface area contributed by atoms with E-state index in [0.717, 1.165) is 29.6 Å². The number of nitro benzene ring substituents is 2. The van der Waals surface area contributed by atoms with E-state index < -0.39 is 33.1 Å². The van der Waals surface area contributed by atoms with Crippen LogP contribution >= 0.6 is 0 Å². The summed E-state index contributed by atoms with van der Waals surface area (Å²) in [6, 6.07) is 3.04. The third-order valence-corrected chi connectivity index (χ3v) is 6.28. The third-order valence-electron chi connectivity index (χ3n) is 6.28. The number of hydrazine groups is 1. The Balaban J connectivity index is 1.47. The van der Waals surface area contributed by atoms with E-state index in [9.17, 15) is 29.8 Å². The summed E-state index contributed by atoms with van der Waals surface area (Å²) in [6.07, 6.45) is 5.10. The first kappa shape index (κ1) is 15.9. The lowest BCUT2D eigenvalue weighted by atomic mass is 9.63. The summed E-state index contributed by atoms with van der Waals surface area (Å²) in [5.41, 5.74) is 1.42. The fraction of sp³-hybridized carbons (Fsp3) is 0.412. The third kappa shape index (κ3) is 2.06. The van der Waals surface area contributed by atoms with Gasteiger partial charge in [0, 0.05) is 6.07 Å². The van der Waals surface area contributed by atoms with Gasteiger partial charge in [-0.2, -0.15) is 5.01 Å². The summed E-state index contributed by atoms with van der Waals surface area (Å²) in [7, 11) is 0. The molecule has 3 fully saturated rings. The molecule has 1 heterocycles. The van der Waals surface area contributed by atoms with Crippen LogP contribution in [-0.2, 0) is 9.59 Å². The minimum Gasteiger partial charge on any atom is -0.282 e. The molecule has 5 aliphatic rings. The summed E-state index contributed by atoms with van der Waals surface area (Å²) < 4.78 is 0. The van der Waals surface area contributed by atoms with Gasteiger partial charge < -0.3 is 0 Å². The maximum Gasteiger partial charge on any atom is 0.300 e. The zero-order valence-corrected chi connectivity index (χ0v) is 13.8. The fourth-order valence-electron chi connectivity index (χ4n) is 5.07. The number of amides is 2. The Bertz CT molecular complexity index is 923. The van der Waals surface area contributed by atoms with Crippen molar-refractivity contribution in [3.63, 3.8) is 0 Å². The molecule has 1 N–H and O–H groups in total. The highest BCUT2D eigenvalue weighted by atomic mass is 16.6. The largest absolute Gasteiger partial charge is 0.300 e. The van der Waals surface area contributed by atoms with Crippen molar-refractivity contribution in [3.8, 4) is 0 Å². The highest BCUT2D eigenvalue weighted by molar-refractivity contribution is 6.07. The van der Waals surface area contributed by atoms with Crippen molar-refractivity contribution in [2.45, 2.75) is 6.42 Å². The van der Waals surface area contributed by atoms with Gasteiger partial charge in [-0.15, -0.1) is 0 Å². The summed E-state index contributed by atoms with van der Waals surface area (Å²) in [6.45, 7) is 0. The van der Waals surface area contributed by atoms with Crippen LogP contribution in [0.4, 0.5) is 17.1 Å². The molecule has 0 unspecified atom stereocenters. The zero-order chi connectivity index (χ0) is 19.0. The Morgan fingerprint density at radius 2 is 1.56 bits per heavy atom. The molecule has 4 aliphatic carbocycles. The van der Waals surface area contributed by atoms with Crippen molar-refractivity contribution in [2.24, 2.45) is 35.5 Å². The van der Waals surface area contributed by atoms with Crippen LogP contribution in [0.1, 0.15) is 6.42 Å². The number of rotatable bonds is 4. The molecule has 0 aromatic heterocycles. The lowest BCUT2D eigenvalue weighted by molar-refractivity contribution is -0.393. The average molecular weight is 370 g/mol. The molecule has 6 atom stereocenters. The lowest BCUT2D eigenvalue weighted by Gasteiger charge is -2.37. The molecule has 138 valence electrons. The first-order valence-electron chi connectivity index (χ1n) is 8.64. The number of hydrogen-bond acceptors (Lipinski definition) is 7. The summed E-state index contributed by atoms with van der Waals surface area (Å²) >= 11 is 0. The number of allylic oxidation sites excluding steroid dienone is 2. The number of anilines is 1. The number of nitrogens with zero attached hydrogens (tertiary/aromatic N) is 3. The van der Waals surface area contributed by atoms with Crippen LogP contribution in [0.5, 0.6) is 0 Å². The standard InChI is InChI=1S/C17H14N4O6/c22-16-14-8-2-3-9(11-6-10(8)11)15(14)17(23)19(16)18-12-4-1-7(20(24)25)5-13(12)21(26)27/h1-5,8-11,14-15,18H,6H2/t8-,9-,10-,11-,14+,15+/m1/s1. The van der Waals surface area contributed by atoms with E-state index in [4.69, 9.17) is 0 Å².